The Morgan fingerprint density at radius 3 is 2.69 bits per heavy atom. The van der Waals surface area contributed by atoms with Gasteiger partial charge in [-0.1, -0.05) is 0 Å². The average Bonchev–Trinajstić information content (AvgIpc) is 2.39. The number of rotatable bonds is 3. The minimum absolute atomic E-state index is 0.354. The molecule has 16 heavy (non-hydrogen) atoms. The predicted molar refractivity (Wildman–Crippen MR) is 63.7 cm³/mol. The Labute approximate surface area is 98.3 Å². The van der Waals surface area contributed by atoms with Crippen molar-refractivity contribution >= 4 is 0 Å². The first-order chi connectivity index (χ1) is 7.81. The van der Waals surface area contributed by atoms with Crippen molar-refractivity contribution in [2.75, 3.05) is 39.9 Å². The van der Waals surface area contributed by atoms with Crippen LogP contribution in [0.2, 0.25) is 0 Å². The van der Waals surface area contributed by atoms with Crippen LogP contribution in [0.4, 0.5) is 0 Å². The molecule has 0 amide bonds. The van der Waals surface area contributed by atoms with Crippen LogP contribution in [0.5, 0.6) is 0 Å². The maximum absolute atomic E-state index is 5.81. The van der Waals surface area contributed by atoms with Gasteiger partial charge in [0.1, 0.15) is 0 Å². The fourth-order valence-corrected chi connectivity index (χ4v) is 2.65. The van der Waals surface area contributed by atoms with Gasteiger partial charge in [0.2, 0.25) is 0 Å². The standard InChI is InChI=1S/C12H24N2O2/c1-10(12-9-13-5-8-16-12)14-6-3-11(15-2)4-7-14/h10-13H,3-9H2,1-2H3. The first-order valence-corrected chi connectivity index (χ1v) is 6.40. The zero-order valence-corrected chi connectivity index (χ0v) is 10.4. The van der Waals surface area contributed by atoms with Crippen molar-refractivity contribution in [3.63, 3.8) is 0 Å². The summed E-state index contributed by atoms with van der Waals surface area (Å²) in [4.78, 5) is 2.53. The molecular weight excluding hydrogens is 204 g/mol. The monoisotopic (exact) mass is 228 g/mol. The molecule has 0 aromatic heterocycles. The molecule has 0 radical (unpaired) electrons. The van der Waals surface area contributed by atoms with Crippen LogP contribution in [0.15, 0.2) is 0 Å². The van der Waals surface area contributed by atoms with E-state index in [1.165, 1.54) is 0 Å². The highest BCUT2D eigenvalue weighted by atomic mass is 16.5. The lowest BCUT2D eigenvalue weighted by atomic mass is 10.0. The number of hydrogen-bond acceptors (Lipinski definition) is 4. The van der Waals surface area contributed by atoms with Gasteiger partial charge in [-0.2, -0.15) is 0 Å². The SMILES string of the molecule is COC1CCN(C(C)C2CNCCO2)CC1. The predicted octanol–water partition coefficient (Wildman–Crippen LogP) is 0.474. The highest BCUT2D eigenvalue weighted by Gasteiger charge is 2.29. The Bertz CT molecular complexity index is 199. The second kappa shape index (κ2) is 5.96. The van der Waals surface area contributed by atoms with E-state index in [0.717, 1.165) is 45.6 Å². The van der Waals surface area contributed by atoms with Gasteiger partial charge in [-0.05, 0) is 19.8 Å². The lowest BCUT2D eigenvalue weighted by Gasteiger charge is -2.40. The summed E-state index contributed by atoms with van der Waals surface area (Å²) >= 11 is 0. The molecule has 2 saturated heterocycles. The van der Waals surface area contributed by atoms with E-state index in [-0.39, 0.29) is 0 Å². The van der Waals surface area contributed by atoms with E-state index in [4.69, 9.17) is 9.47 Å². The van der Waals surface area contributed by atoms with Crippen molar-refractivity contribution in [1.82, 2.24) is 10.2 Å². The van der Waals surface area contributed by atoms with Crippen molar-refractivity contribution in [3.05, 3.63) is 0 Å². The van der Waals surface area contributed by atoms with E-state index >= 15 is 0 Å². The summed E-state index contributed by atoms with van der Waals surface area (Å²) < 4.78 is 11.2. The average molecular weight is 228 g/mol. The zero-order valence-electron chi connectivity index (χ0n) is 10.4. The minimum atomic E-state index is 0.354. The molecule has 2 atom stereocenters. The van der Waals surface area contributed by atoms with Crippen LogP contribution in [0.3, 0.4) is 0 Å². The number of hydrogen-bond donors (Lipinski definition) is 1. The number of morpholine rings is 1. The molecule has 2 aliphatic rings. The molecule has 0 bridgehead atoms. The first-order valence-electron chi connectivity index (χ1n) is 6.40. The molecule has 0 saturated carbocycles. The van der Waals surface area contributed by atoms with Crippen LogP contribution < -0.4 is 5.32 Å². The second-order valence-electron chi connectivity index (χ2n) is 4.82. The first kappa shape index (κ1) is 12.3. The number of nitrogens with zero attached hydrogens (tertiary/aromatic N) is 1. The van der Waals surface area contributed by atoms with Crippen molar-refractivity contribution in [2.45, 2.75) is 38.0 Å². The van der Waals surface area contributed by atoms with Gasteiger partial charge in [0.25, 0.3) is 0 Å². The summed E-state index contributed by atoms with van der Waals surface area (Å²) in [5.41, 5.74) is 0. The summed E-state index contributed by atoms with van der Waals surface area (Å²) in [6.45, 7) is 7.40. The molecule has 0 aliphatic carbocycles. The van der Waals surface area contributed by atoms with Crippen LogP contribution in [-0.2, 0) is 9.47 Å². The molecule has 94 valence electrons. The Morgan fingerprint density at radius 2 is 2.12 bits per heavy atom. The Hall–Kier alpha value is -0.160. The summed E-state index contributed by atoms with van der Waals surface area (Å²) in [6, 6.07) is 0.519. The lowest BCUT2D eigenvalue weighted by Crippen LogP contribution is -2.53. The molecule has 0 aromatic rings. The number of ether oxygens (including phenoxy) is 2. The molecule has 2 fully saturated rings. The number of likely N-dealkylation sites (tertiary alicyclic amines) is 1. The topological polar surface area (TPSA) is 33.7 Å². The quantitative estimate of drug-likeness (QED) is 0.761. The van der Waals surface area contributed by atoms with Gasteiger partial charge < -0.3 is 14.8 Å². The lowest BCUT2D eigenvalue weighted by molar-refractivity contribution is -0.0447. The van der Waals surface area contributed by atoms with E-state index in [1.807, 2.05) is 7.11 Å². The van der Waals surface area contributed by atoms with Crippen LogP contribution in [0, 0.1) is 0 Å². The van der Waals surface area contributed by atoms with Gasteiger partial charge >= 0.3 is 0 Å². The molecule has 0 aromatic carbocycles. The molecule has 1 N–H and O–H groups in total. The largest absolute Gasteiger partial charge is 0.381 e. The molecule has 2 heterocycles. The van der Waals surface area contributed by atoms with Gasteiger partial charge in [-0.15, -0.1) is 0 Å². The van der Waals surface area contributed by atoms with E-state index in [2.05, 4.69) is 17.1 Å². The van der Waals surface area contributed by atoms with Crippen molar-refractivity contribution in [3.8, 4) is 0 Å². The molecule has 4 nitrogen and oxygen atoms in total. The summed E-state index contributed by atoms with van der Waals surface area (Å²) in [5, 5.41) is 3.40. The number of nitrogens with one attached hydrogen (secondary N) is 1. The molecule has 0 spiro atoms. The van der Waals surface area contributed by atoms with Gasteiger partial charge in [0.15, 0.2) is 0 Å². The molecule has 2 rings (SSSR count). The number of piperidine rings is 1. The van der Waals surface area contributed by atoms with Crippen LogP contribution >= 0.6 is 0 Å². The minimum Gasteiger partial charge on any atom is -0.381 e. The fourth-order valence-electron chi connectivity index (χ4n) is 2.65. The molecular formula is C12H24N2O2. The van der Waals surface area contributed by atoms with E-state index in [1.54, 1.807) is 0 Å². The van der Waals surface area contributed by atoms with Crippen molar-refractivity contribution < 1.29 is 9.47 Å². The third kappa shape index (κ3) is 2.94. The van der Waals surface area contributed by atoms with Gasteiger partial charge in [0.05, 0.1) is 18.8 Å². The van der Waals surface area contributed by atoms with Crippen LogP contribution in [0.1, 0.15) is 19.8 Å². The summed E-state index contributed by atoms with van der Waals surface area (Å²) in [7, 11) is 1.82. The molecule has 2 unspecified atom stereocenters. The van der Waals surface area contributed by atoms with E-state index in [9.17, 15) is 0 Å². The third-order valence-electron chi connectivity index (χ3n) is 3.88. The van der Waals surface area contributed by atoms with Gasteiger partial charge in [0, 0.05) is 39.3 Å². The van der Waals surface area contributed by atoms with Gasteiger partial charge in [-0.3, -0.25) is 4.90 Å². The fraction of sp³-hybridized carbons (Fsp3) is 1.00. The molecule has 4 heteroatoms. The maximum atomic E-state index is 5.81. The number of methoxy groups -OCH3 is 1. The Morgan fingerprint density at radius 1 is 1.38 bits per heavy atom. The van der Waals surface area contributed by atoms with Crippen LogP contribution in [0.25, 0.3) is 0 Å². The third-order valence-corrected chi connectivity index (χ3v) is 3.88. The normalized spacial score (nSPS) is 31.5. The smallest absolute Gasteiger partial charge is 0.0852 e. The Balaban J connectivity index is 1.78. The van der Waals surface area contributed by atoms with Crippen molar-refractivity contribution in [2.24, 2.45) is 0 Å². The highest BCUT2D eigenvalue weighted by molar-refractivity contribution is 4.84. The van der Waals surface area contributed by atoms with Gasteiger partial charge in [-0.25, -0.2) is 0 Å². The Kier molecular flexibility index (Phi) is 4.58. The summed E-state index contributed by atoms with van der Waals surface area (Å²) in [5.74, 6) is 0. The van der Waals surface area contributed by atoms with Crippen molar-refractivity contribution in [1.29, 1.82) is 0 Å². The zero-order chi connectivity index (χ0) is 11.4. The second-order valence-corrected chi connectivity index (χ2v) is 4.82. The maximum Gasteiger partial charge on any atom is 0.0852 e. The highest BCUT2D eigenvalue weighted by Crippen LogP contribution is 2.18. The summed E-state index contributed by atoms with van der Waals surface area (Å²) in [6.07, 6.45) is 3.13. The van der Waals surface area contributed by atoms with E-state index in [0.29, 0.717) is 18.2 Å². The van der Waals surface area contributed by atoms with E-state index < -0.39 is 0 Å². The molecule has 2 aliphatic heterocycles. The van der Waals surface area contributed by atoms with Crippen LogP contribution in [-0.4, -0.2) is 63.0 Å².